The van der Waals surface area contributed by atoms with Crippen LogP contribution in [0.5, 0.6) is 17.2 Å². The van der Waals surface area contributed by atoms with E-state index in [4.69, 9.17) is 19.9 Å². The third kappa shape index (κ3) is 4.72. The van der Waals surface area contributed by atoms with Gasteiger partial charge in [-0.3, -0.25) is 9.10 Å². The van der Waals surface area contributed by atoms with Crippen LogP contribution in [-0.4, -0.2) is 59.7 Å². The molecule has 0 fully saturated rings. The Hall–Kier alpha value is -2.98. The van der Waals surface area contributed by atoms with E-state index in [0.717, 1.165) is 9.87 Å². The van der Waals surface area contributed by atoms with E-state index in [0.29, 0.717) is 5.56 Å². The van der Waals surface area contributed by atoms with E-state index in [9.17, 15) is 18.3 Å². The van der Waals surface area contributed by atoms with Crippen LogP contribution < -0.4 is 24.2 Å². The predicted octanol–water partition coefficient (Wildman–Crippen LogP) is 0.993. The number of sulfonamides is 1. The molecule has 0 saturated carbocycles. The van der Waals surface area contributed by atoms with Crippen LogP contribution in [0.2, 0.25) is 0 Å². The first-order chi connectivity index (χ1) is 13.8. The van der Waals surface area contributed by atoms with Crippen molar-refractivity contribution >= 4 is 21.6 Å². The number of amides is 1. The van der Waals surface area contributed by atoms with Crippen LogP contribution in [0.15, 0.2) is 36.4 Å². The van der Waals surface area contributed by atoms with E-state index < -0.39 is 28.3 Å². The summed E-state index contributed by atoms with van der Waals surface area (Å²) in [6.07, 6.45) is 0. The molecular weight excluding hydrogens is 400 g/mol. The van der Waals surface area contributed by atoms with Gasteiger partial charge in [-0.1, -0.05) is 30.3 Å². The number of methoxy groups -OCH3 is 3. The first-order valence-corrected chi connectivity index (χ1v) is 10.2. The fourth-order valence-electron chi connectivity index (χ4n) is 2.96. The van der Waals surface area contributed by atoms with E-state index in [1.54, 1.807) is 6.07 Å². The highest BCUT2D eigenvalue weighted by Gasteiger charge is 2.33. The predicted molar refractivity (Wildman–Crippen MR) is 109 cm³/mol. The number of nitrogens with two attached hydrogens (primary N) is 1. The molecule has 158 valence electrons. The lowest BCUT2D eigenvalue weighted by molar-refractivity contribution is -0.115. The van der Waals surface area contributed by atoms with Gasteiger partial charge in [-0.15, -0.1) is 0 Å². The van der Waals surface area contributed by atoms with Crippen molar-refractivity contribution in [3.05, 3.63) is 36.4 Å². The summed E-state index contributed by atoms with van der Waals surface area (Å²) in [6.45, 7) is -0.844. The number of aliphatic hydroxyl groups is 1. The lowest BCUT2D eigenvalue weighted by Crippen LogP contribution is -2.39. The summed E-state index contributed by atoms with van der Waals surface area (Å²) in [5, 5.41) is 9.45. The monoisotopic (exact) mass is 424 g/mol. The topological polar surface area (TPSA) is 128 Å². The lowest BCUT2D eigenvalue weighted by atomic mass is 10.0. The molecule has 0 aliphatic rings. The highest BCUT2D eigenvalue weighted by molar-refractivity contribution is 7.93. The number of rotatable bonds is 10. The first-order valence-electron chi connectivity index (χ1n) is 8.58. The van der Waals surface area contributed by atoms with Gasteiger partial charge in [-0.25, -0.2) is 8.42 Å². The van der Waals surface area contributed by atoms with Crippen molar-refractivity contribution in [2.45, 2.75) is 0 Å². The number of aliphatic hydroxyl groups excluding tert-OH is 1. The van der Waals surface area contributed by atoms with Crippen LogP contribution in [0.1, 0.15) is 0 Å². The van der Waals surface area contributed by atoms with Gasteiger partial charge in [0, 0.05) is 5.56 Å². The Labute approximate surface area is 169 Å². The fourth-order valence-corrected chi connectivity index (χ4v) is 4.29. The standard InChI is InChI=1S/C19H24N2O7S/c1-26-15-11-14(13-7-5-4-6-8-13)18(27-2)19(28-3)17(15)21(9-10-22)29(24,25)12-16(20)23/h4-8,11,22H,9-10,12H2,1-3H3,(H2,20,23). The second kappa shape index (κ2) is 9.48. The minimum Gasteiger partial charge on any atom is -0.494 e. The summed E-state index contributed by atoms with van der Waals surface area (Å²) >= 11 is 0. The quantitative estimate of drug-likeness (QED) is 0.582. The zero-order valence-corrected chi connectivity index (χ0v) is 17.2. The highest BCUT2D eigenvalue weighted by atomic mass is 32.2. The van der Waals surface area contributed by atoms with Crippen LogP contribution in [0.4, 0.5) is 5.69 Å². The Morgan fingerprint density at radius 1 is 1.07 bits per heavy atom. The first kappa shape index (κ1) is 22.3. The molecule has 9 nitrogen and oxygen atoms in total. The minimum atomic E-state index is -4.22. The molecule has 0 unspecified atom stereocenters. The van der Waals surface area contributed by atoms with Gasteiger partial charge in [0.05, 0.1) is 34.5 Å². The summed E-state index contributed by atoms with van der Waals surface area (Å²) < 4.78 is 42.9. The minimum absolute atomic E-state index is 0.00170. The Bertz CT molecular complexity index is 962. The van der Waals surface area contributed by atoms with Gasteiger partial charge in [0.1, 0.15) is 17.2 Å². The Balaban J connectivity index is 2.84. The number of anilines is 1. The molecule has 0 aromatic heterocycles. The summed E-state index contributed by atoms with van der Waals surface area (Å²) in [5.41, 5.74) is 6.50. The summed E-state index contributed by atoms with van der Waals surface area (Å²) in [4.78, 5) is 11.3. The highest BCUT2D eigenvalue weighted by Crippen LogP contribution is 2.50. The number of hydrogen-bond acceptors (Lipinski definition) is 7. The van der Waals surface area contributed by atoms with Gasteiger partial charge in [-0.2, -0.15) is 0 Å². The number of nitrogens with zero attached hydrogens (tertiary/aromatic N) is 1. The number of carbonyl (C=O) groups excluding carboxylic acids is 1. The lowest BCUT2D eigenvalue weighted by Gasteiger charge is -2.28. The molecule has 29 heavy (non-hydrogen) atoms. The molecule has 1 amide bonds. The number of carbonyl (C=O) groups is 1. The maximum atomic E-state index is 12.8. The third-order valence-electron chi connectivity index (χ3n) is 4.10. The molecule has 0 aliphatic heterocycles. The van der Waals surface area contributed by atoms with Gasteiger partial charge < -0.3 is 25.1 Å². The van der Waals surface area contributed by atoms with Crippen LogP contribution in [-0.2, 0) is 14.8 Å². The van der Waals surface area contributed by atoms with E-state index in [2.05, 4.69) is 0 Å². The van der Waals surface area contributed by atoms with Crippen molar-refractivity contribution in [1.29, 1.82) is 0 Å². The third-order valence-corrected chi connectivity index (χ3v) is 5.79. The molecule has 0 bridgehead atoms. The van der Waals surface area contributed by atoms with E-state index in [1.165, 1.54) is 21.3 Å². The molecule has 2 aromatic rings. The molecule has 0 spiro atoms. The second-order valence-electron chi connectivity index (χ2n) is 5.93. The molecule has 2 rings (SSSR count). The van der Waals surface area contributed by atoms with Crippen LogP contribution in [0.3, 0.4) is 0 Å². The SMILES string of the molecule is COc1cc(-c2ccccc2)c(OC)c(OC)c1N(CCO)S(=O)(=O)CC(N)=O. The molecule has 0 heterocycles. The van der Waals surface area contributed by atoms with Gasteiger partial charge in [0.25, 0.3) is 0 Å². The molecule has 0 atom stereocenters. The van der Waals surface area contributed by atoms with E-state index in [1.807, 2.05) is 30.3 Å². The van der Waals surface area contributed by atoms with Crippen LogP contribution in [0.25, 0.3) is 11.1 Å². The van der Waals surface area contributed by atoms with Crippen molar-refractivity contribution in [2.75, 3.05) is 44.5 Å². The Morgan fingerprint density at radius 3 is 2.17 bits per heavy atom. The smallest absolute Gasteiger partial charge is 0.244 e. The zero-order chi connectivity index (χ0) is 21.6. The van der Waals surface area contributed by atoms with Crippen molar-refractivity contribution in [3.63, 3.8) is 0 Å². The Kier molecular flexibility index (Phi) is 7.29. The van der Waals surface area contributed by atoms with E-state index in [-0.39, 0.29) is 29.5 Å². The Morgan fingerprint density at radius 2 is 1.69 bits per heavy atom. The maximum absolute atomic E-state index is 12.8. The van der Waals surface area contributed by atoms with Gasteiger partial charge in [0.15, 0.2) is 11.5 Å². The number of hydrogen-bond donors (Lipinski definition) is 2. The molecule has 10 heteroatoms. The van der Waals surface area contributed by atoms with Crippen LogP contribution in [0, 0.1) is 0 Å². The molecule has 0 saturated heterocycles. The number of benzene rings is 2. The fraction of sp³-hybridized carbons (Fsp3) is 0.316. The molecular formula is C19H24N2O7S. The summed E-state index contributed by atoms with van der Waals surface area (Å²) in [5.74, 6) is -1.47. The summed E-state index contributed by atoms with van der Waals surface area (Å²) in [7, 11) is -0.0689. The van der Waals surface area contributed by atoms with Gasteiger partial charge >= 0.3 is 0 Å². The molecule has 0 radical (unpaired) electrons. The van der Waals surface area contributed by atoms with Crippen LogP contribution >= 0.6 is 0 Å². The van der Waals surface area contributed by atoms with E-state index >= 15 is 0 Å². The molecule has 0 aliphatic carbocycles. The average molecular weight is 424 g/mol. The number of primary amides is 1. The average Bonchev–Trinajstić information content (AvgIpc) is 2.70. The summed E-state index contributed by atoms with van der Waals surface area (Å²) in [6, 6.07) is 10.9. The van der Waals surface area contributed by atoms with Crippen molar-refractivity contribution in [1.82, 2.24) is 0 Å². The second-order valence-corrected chi connectivity index (χ2v) is 7.82. The van der Waals surface area contributed by atoms with Crippen molar-refractivity contribution in [3.8, 4) is 28.4 Å². The van der Waals surface area contributed by atoms with Crippen molar-refractivity contribution in [2.24, 2.45) is 5.73 Å². The molecule has 3 N–H and O–H groups in total. The zero-order valence-electron chi connectivity index (χ0n) is 16.4. The number of ether oxygens (including phenoxy) is 3. The van der Waals surface area contributed by atoms with Gasteiger partial charge in [0.2, 0.25) is 15.9 Å². The maximum Gasteiger partial charge on any atom is 0.244 e. The normalized spacial score (nSPS) is 11.0. The van der Waals surface area contributed by atoms with Crippen molar-refractivity contribution < 1.29 is 32.5 Å². The van der Waals surface area contributed by atoms with Gasteiger partial charge in [-0.05, 0) is 11.6 Å². The molecule has 2 aromatic carbocycles. The largest absolute Gasteiger partial charge is 0.494 e.